The Morgan fingerprint density at radius 3 is 2.63 bits per heavy atom. The molecular formula is C22H22BrClN4OS. The second-order valence-corrected chi connectivity index (χ2v) is 9.02. The highest BCUT2D eigenvalue weighted by atomic mass is 79.9. The van der Waals surface area contributed by atoms with E-state index in [1.54, 1.807) is 23.9 Å². The summed E-state index contributed by atoms with van der Waals surface area (Å²) in [7, 11) is 0. The number of halogens is 2. The van der Waals surface area contributed by atoms with Crippen molar-refractivity contribution >= 4 is 60.9 Å². The van der Waals surface area contributed by atoms with E-state index in [9.17, 15) is 4.79 Å². The highest BCUT2D eigenvalue weighted by Crippen LogP contribution is 2.32. The molecule has 0 aliphatic heterocycles. The minimum Gasteiger partial charge on any atom is -0.337 e. The minimum absolute atomic E-state index is 0. The summed E-state index contributed by atoms with van der Waals surface area (Å²) in [5, 5.41) is 0.730. The van der Waals surface area contributed by atoms with Crippen LogP contribution >= 0.6 is 39.7 Å². The van der Waals surface area contributed by atoms with Crippen molar-refractivity contribution in [3.05, 3.63) is 76.3 Å². The Morgan fingerprint density at radius 1 is 1.17 bits per heavy atom. The molecule has 2 aromatic carbocycles. The lowest BCUT2D eigenvalue weighted by atomic mass is 10.1. The van der Waals surface area contributed by atoms with Gasteiger partial charge in [0.15, 0.2) is 5.13 Å². The Kier molecular flexibility index (Phi) is 7.28. The van der Waals surface area contributed by atoms with Crippen LogP contribution in [0.4, 0.5) is 5.13 Å². The van der Waals surface area contributed by atoms with E-state index in [0.717, 1.165) is 43.9 Å². The van der Waals surface area contributed by atoms with Gasteiger partial charge in [-0.25, -0.2) is 9.97 Å². The van der Waals surface area contributed by atoms with Crippen LogP contribution in [0.1, 0.15) is 27.9 Å². The fourth-order valence-electron chi connectivity index (χ4n) is 3.37. The number of hydrogen-bond donors (Lipinski definition) is 0. The van der Waals surface area contributed by atoms with Crippen molar-refractivity contribution in [3.63, 3.8) is 0 Å². The average Bonchev–Trinajstić information content (AvgIpc) is 3.33. The highest BCUT2D eigenvalue weighted by Gasteiger charge is 2.21. The second kappa shape index (κ2) is 9.73. The number of imidazole rings is 1. The van der Waals surface area contributed by atoms with Crippen LogP contribution in [0.15, 0.2) is 59.6 Å². The summed E-state index contributed by atoms with van der Waals surface area (Å²) in [6.07, 6.45) is 6.31. The van der Waals surface area contributed by atoms with Crippen LogP contribution in [0.2, 0.25) is 0 Å². The lowest BCUT2D eigenvalue weighted by molar-refractivity contribution is 0.0986. The molecule has 8 heteroatoms. The van der Waals surface area contributed by atoms with E-state index in [0.29, 0.717) is 12.1 Å². The van der Waals surface area contributed by atoms with Gasteiger partial charge < -0.3 is 4.57 Å². The first-order valence-corrected chi connectivity index (χ1v) is 11.0. The number of anilines is 1. The first-order valence-electron chi connectivity index (χ1n) is 9.41. The molecule has 1 amide bonds. The van der Waals surface area contributed by atoms with E-state index in [1.165, 1.54) is 0 Å². The van der Waals surface area contributed by atoms with Crippen LogP contribution in [0.5, 0.6) is 0 Å². The summed E-state index contributed by atoms with van der Waals surface area (Å²) >= 11 is 5.06. The third kappa shape index (κ3) is 5.09. The van der Waals surface area contributed by atoms with Gasteiger partial charge in [0, 0.05) is 35.5 Å². The van der Waals surface area contributed by atoms with Gasteiger partial charge >= 0.3 is 0 Å². The topological polar surface area (TPSA) is 51.0 Å². The summed E-state index contributed by atoms with van der Waals surface area (Å²) in [6, 6.07) is 12.0. The number of carbonyl (C=O) groups is 1. The van der Waals surface area contributed by atoms with E-state index in [1.807, 2.05) is 59.8 Å². The zero-order valence-corrected chi connectivity index (χ0v) is 19.9. The van der Waals surface area contributed by atoms with Crippen molar-refractivity contribution in [2.24, 2.45) is 0 Å². The molecule has 0 radical (unpaired) electrons. The number of nitrogens with zero attached hydrogens (tertiary/aromatic N) is 4. The molecule has 156 valence electrons. The Labute approximate surface area is 194 Å². The van der Waals surface area contributed by atoms with Gasteiger partial charge in [-0.15, -0.1) is 12.4 Å². The molecule has 0 atom stereocenters. The zero-order chi connectivity index (χ0) is 20.4. The number of amides is 1. The molecule has 5 nitrogen and oxygen atoms in total. The molecule has 30 heavy (non-hydrogen) atoms. The maximum absolute atomic E-state index is 13.5. The van der Waals surface area contributed by atoms with Gasteiger partial charge in [0.25, 0.3) is 5.91 Å². The molecular weight excluding hydrogens is 484 g/mol. The first kappa shape index (κ1) is 22.5. The number of rotatable bonds is 6. The summed E-state index contributed by atoms with van der Waals surface area (Å²) in [6.45, 7) is 5.42. The molecule has 4 rings (SSSR count). The lowest BCUT2D eigenvalue weighted by Gasteiger charge is -2.20. The molecule has 0 aliphatic rings. The summed E-state index contributed by atoms with van der Waals surface area (Å²) < 4.78 is 4.09. The summed E-state index contributed by atoms with van der Waals surface area (Å²) in [4.78, 5) is 24.1. The van der Waals surface area contributed by atoms with E-state index in [4.69, 9.17) is 4.98 Å². The average molecular weight is 506 g/mol. The molecule has 0 unspecified atom stereocenters. The first-order chi connectivity index (χ1) is 14.0. The molecule has 0 spiro atoms. The number of aromatic nitrogens is 3. The number of aryl methyl sites for hydroxylation is 3. The van der Waals surface area contributed by atoms with Gasteiger partial charge in [0.1, 0.15) is 0 Å². The summed E-state index contributed by atoms with van der Waals surface area (Å²) in [5.41, 5.74) is 3.77. The summed E-state index contributed by atoms with van der Waals surface area (Å²) in [5.74, 6) is -0.0134. The Balaban J connectivity index is 0.00000256. The number of benzene rings is 2. The maximum atomic E-state index is 13.5. The van der Waals surface area contributed by atoms with Crippen molar-refractivity contribution in [2.45, 2.75) is 26.8 Å². The SMILES string of the molecule is Cc1cc(C)cc(C(=O)N(CCCn2ccnc2)c2nc3ccc(Br)cc3s2)c1.Cl. The van der Waals surface area contributed by atoms with E-state index in [-0.39, 0.29) is 18.3 Å². The molecule has 2 aromatic heterocycles. The lowest BCUT2D eigenvalue weighted by Crippen LogP contribution is -2.32. The number of hydrogen-bond acceptors (Lipinski definition) is 4. The van der Waals surface area contributed by atoms with Crippen molar-refractivity contribution in [3.8, 4) is 0 Å². The van der Waals surface area contributed by atoms with Crippen molar-refractivity contribution < 1.29 is 4.79 Å². The van der Waals surface area contributed by atoms with Crippen LogP contribution in [-0.4, -0.2) is 27.0 Å². The minimum atomic E-state index is -0.0134. The Bertz CT molecular complexity index is 1140. The third-order valence-corrected chi connectivity index (χ3v) is 6.18. The van der Waals surface area contributed by atoms with Crippen molar-refractivity contribution in [1.82, 2.24) is 14.5 Å². The Hall–Kier alpha value is -2.22. The highest BCUT2D eigenvalue weighted by molar-refractivity contribution is 9.10. The fourth-order valence-corrected chi connectivity index (χ4v) is 4.91. The van der Waals surface area contributed by atoms with Crippen LogP contribution in [0.25, 0.3) is 10.2 Å². The van der Waals surface area contributed by atoms with E-state index in [2.05, 4.69) is 27.0 Å². The van der Waals surface area contributed by atoms with Crippen LogP contribution in [-0.2, 0) is 6.54 Å². The standard InChI is InChI=1S/C22H21BrN4OS.ClH/c1-15-10-16(2)12-17(11-15)21(28)27(8-3-7-26-9-6-24-14-26)22-25-19-5-4-18(23)13-20(19)29-22;/h4-6,9-14H,3,7-8H2,1-2H3;1H. The largest absolute Gasteiger partial charge is 0.337 e. The van der Waals surface area contributed by atoms with Gasteiger partial charge in [-0.1, -0.05) is 44.5 Å². The van der Waals surface area contributed by atoms with Crippen LogP contribution in [0.3, 0.4) is 0 Å². The quantitative estimate of drug-likeness (QED) is 0.321. The smallest absolute Gasteiger partial charge is 0.260 e. The maximum Gasteiger partial charge on any atom is 0.260 e. The molecule has 0 fully saturated rings. The predicted octanol–water partition coefficient (Wildman–Crippen LogP) is 6.03. The zero-order valence-electron chi connectivity index (χ0n) is 16.7. The monoisotopic (exact) mass is 504 g/mol. The number of thiazole rings is 1. The van der Waals surface area contributed by atoms with Crippen molar-refractivity contribution in [1.29, 1.82) is 0 Å². The molecule has 0 aliphatic carbocycles. The normalized spacial score (nSPS) is 10.8. The van der Waals surface area contributed by atoms with E-state index < -0.39 is 0 Å². The van der Waals surface area contributed by atoms with Crippen LogP contribution in [0, 0.1) is 13.8 Å². The van der Waals surface area contributed by atoms with Gasteiger partial charge in [-0.05, 0) is 50.6 Å². The molecule has 2 heterocycles. The molecule has 4 aromatic rings. The number of fused-ring (bicyclic) bond motifs is 1. The Morgan fingerprint density at radius 2 is 1.93 bits per heavy atom. The molecule has 0 bridgehead atoms. The second-order valence-electron chi connectivity index (χ2n) is 7.10. The van der Waals surface area contributed by atoms with E-state index >= 15 is 0 Å². The van der Waals surface area contributed by atoms with Gasteiger partial charge in [0.05, 0.1) is 16.5 Å². The fraction of sp³-hybridized carbons (Fsp3) is 0.227. The van der Waals surface area contributed by atoms with Crippen LogP contribution < -0.4 is 4.90 Å². The van der Waals surface area contributed by atoms with Crippen molar-refractivity contribution in [2.75, 3.05) is 11.4 Å². The van der Waals surface area contributed by atoms with Gasteiger partial charge in [-0.2, -0.15) is 0 Å². The molecule has 0 saturated carbocycles. The molecule has 0 N–H and O–H groups in total. The van der Waals surface area contributed by atoms with Gasteiger partial charge in [0.2, 0.25) is 0 Å². The number of carbonyl (C=O) groups excluding carboxylic acids is 1. The van der Waals surface area contributed by atoms with Gasteiger partial charge in [-0.3, -0.25) is 9.69 Å². The predicted molar refractivity (Wildman–Crippen MR) is 129 cm³/mol. The molecule has 0 saturated heterocycles. The third-order valence-electron chi connectivity index (χ3n) is 4.64.